The first kappa shape index (κ1) is 12.5. The van der Waals surface area contributed by atoms with Gasteiger partial charge in [-0.15, -0.1) is 0 Å². The molecule has 1 aliphatic rings. The molecule has 1 heterocycles. The van der Waals surface area contributed by atoms with Crippen LogP contribution in [0.25, 0.3) is 0 Å². The van der Waals surface area contributed by atoms with Gasteiger partial charge in [-0.3, -0.25) is 4.90 Å². The van der Waals surface area contributed by atoms with Crippen LogP contribution in [0.15, 0.2) is 18.2 Å². The van der Waals surface area contributed by atoms with E-state index in [9.17, 15) is 4.39 Å². The number of halogens is 1. The van der Waals surface area contributed by atoms with Gasteiger partial charge in [0.05, 0.1) is 0 Å². The van der Waals surface area contributed by atoms with E-state index in [0.29, 0.717) is 12.1 Å². The van der Waals surface area contributed by atoms with E-state index in [4.69, 9.17) is 10.0 Å². The van der Waals surface area contributed by atoms with Gasteiger partial charge in [-0.2, -0.15) is 0 Å². The fourth-order valence-corrected chi connectivity index (χ4v) is 2.28. The number of nitrogens with zero attached hydrogens (tertiary/aromatic N) is 1. The highest BCUT2D eigenvalue weighted by molar-refractivity contribution is 6.58. The maximum Gasteiger partial charge on any atom is 0.491 e. The van der Waals surface area contributed by atoms with E-state index in [1.54, 1.807) is 12.1 Å². The summed E-state index contributed by atoms with van der Waals surface area (Å²) in [7, 11) is -1.74. The lowest BCUT2D eigenvalue weighted by atomic mass is 9.79. The summed E-state index contributed by atoms with van der Waals surface area (Å²) in [6, 6.07) is 4.77. The van der Waals surface area contributed by atoms with Crippen molar-refractivity contribution >= 4 is 12.6 Å². The van der Waals surface area contributed by atoms with Gasteiger partial charge in [0.25, 0.3) is 0 Å². The molecule has 1 aromatic rings. The molecule has 0 spiro atoms. The van der Waals surface area contributed by atoms with Crippen molar-refractivity contribution in [2.75, 3.05) is 13.1 Å². The fourth-order valence-electron chi connectivity index (χ4n) is 2.28. The van der Waals surface area contributed by atoms with E-state index < -0.39 is 12.9 Å². The molecule has 0 aromatic heterocycles. The zero-order valence-electron chi connectivity index (χ0n) is 9.77. The maximum atomic E-state index is 13.9. The van der Waals surface area contributed by atoms with Crippen molar-refractivity contribution in [3.63, 3.8) is 0 Å². The Bertz CT molecular complexity index is 381. The Hall–Kier alpha value is -0.905. The Balaban J connectivity index is 2.12. The molecule has 5 heteroatoms. The van der Waals surface area contributed by atoms with Gasteiger partial charge in [-0.25, -0.2) is 4.39 Å². The average Bonchev–Trinajstić information content (AvgIpc) is 2.33. The van der Waals surface area contributed by atoms with Crippen LogP contribution >= 0.6 is 0 Å². The first-order valence-corrected chi connectivity index (χ1v) is 6.04. The molecular formula is C12H17BFNO2. The molecule has 0 saturated carbocycles. The predicted octanol–water partition coefficient (Wildman–Crippen LogP) is 0.491. The number of hydrogen-bond donors (Lipinski definition) is 2. The number of hydrogen-bond acceptors (Lipinski definition) is 3. The van der Waals surface area contributed by atoms with Crippen molar-refractivity contribution in [3.8, 4) is 0 Å². The number of benzene rings is 1. The molecule has 3 nitrogen and oxygen atoms in total. The standard InChI is InChI=1S/C12H17BFNO2/c14-12-10(5-4-6-11(12)13(16)17)9-15-7-2-1-3-8-15/h4-6,16-17H,1-3,7-9H2. The summed E-state index contributed by atoms with van der Waals surface area (Å²) in [5, 5.41) is 18.1. The molecule has 0 radical (unpaired) electrons. The molecule has 1 fully saturated rings. The minimum absolute atomic E-state index is 0.0421. The number of piperidine rings is 1. The first-order valence-electron chi connectivity index (χ1n) is 6.04. The minimum Gasteiger partial charge on any atom is -0.423 e. The van der Waals surface area contributed by atoms with Crippen molar-refractivity contribution in [3.05, 3.63) is 29.6 Å². The van der Waals surface area contributed by atoms with Gasteiger partial charge < -0.3 is 10.0 Å². The largest absolute Gasteiger partial charge is 0.491 e. The lowest BCUT2D eigenvalue weighted by Crippen LogP contribution is -2.35. The van der Waals surface area contributed by atoms with Gasteiger partial charge in [0.15, 0.2) is 0 Å². The van der Waals surface area contributed by atoms with E-state index in [0.717, 1.165) is 25.9 Å². The van der Waals surface area contributed by atoms with E-state index in [1.807, 2.05) is 0 Å². The Morgan fingerprint density at radius 3 is 2.53 bits per heavy atom. The van der Waals surface area contributed by atoms with Gasteiger partial charge >= 0.3 is 7.12 Å². The third-order valence-electron chi connectivity index (χ3n) is 3.23. The fraction of sp³-hybridized carbons (Fsp3) is 0.500. The second-order valence-electron chi connectivity index (χ2n) is 4.53. The summed E-state index contributed by atoms with van der Waals surface area (Å²) in [5.74, 6) is -0.493. The smallest absolute Gasteiger partial charge is 0.423 e. The molecule has 1 aliphatic heterocycles. The van der Waals surface area contributed by atoms with Crippen LogP contribution in [0.1, 0.15) is 24.8 Å². The molecule has 2 N–H and O–H groups in total. The summed E-state index contributed by atoms with van der Waals surface area (Å²) in [6.45, 7) is 2.53. The molecule has 0 bridgehead atoms. The van der Waals surface area contributed by atoms with Crippen molar-refractivity contribution in [2.24, 2.45) is 0 Å². The summed E-state index contributed by atoms with van der Waals surface area (Å²) in [4.78, 5) is 2.20. The zero-order valence-corrected chi connectivity index (χ0v) is 9.77. The molecule has 1 aromatic carbocycles. The SMILES string of the molecule is OB(O)c1cccc(CN2CCCCC2)c1F. The number of rotatable bonds is 3. The van der Waals surface area contributed by atoms with Crippen LogP contribution in [0.3, 0.4) is 0 Å². The summed E-state index contributed by atoms with van der Waals surface area (Å²) in [5.41, 5.74) is 0.497. The van der Waals surface area contributed by atoms with Crippen LogP contribution < -0.4 is 5.46 Å². The average molecular weight is 237 g/mol. The van der Waals surface area contributed by atoms with Crippen LogP contribution in [-0.4, -0.2) is 35.2 Å². The highest BCUT2D eigenvalue weighted by Gasteiger charge is 2.20. The molecule has 92 valence electrons. The maximum absolute atomic E-state index is 13.9. The van der Waals surface area contributed by atoms with Crippen molar-refractivity contribution in [1.82, 2.24) is 4.90 Å². The van der Waals surface area contributed by atoms with Gasteiger partial charge in [-0.05, 0) is 25.9 Å². The lowest BCUT2D eigenvalue weighted by molar-refractivity contribution is 0.218. The third-order valence-corrected chi connectivity index (χ3v) is 3.23. The number of likely N-dealkylation sites (tertiary alicyclic amines) is 1. The molecule has 1 saturated heterocycles. The zero-order chi connectivity index (χ0) is 12.3. The molecule has 2 rings (SSSR count). The van der Waals surface area contributed by atoms with Crippen LogP contribution in [0.4, 0.5) is 4.39 Å². The summed E-state index contributed by atoms with van der Waals surface area (Å²) in [6.07, 6.45) is 3.56. The van der Waals surface area contributed by atoms with Crippen molar-refractivity contribution in [1.29, 1.82) is 0 Å². The van der Waals surface area contributed by atoms with Gasteiger partial charge in [0, 0.05) is 17.6 Å². The highest BCUT2D eigenvalue weighted by atomic mass is 19.1. The summed E-state index contributed by atoms with van der Waals surface area (Å²) < 4.78 is 13.9. The Morgan fingerprint density at radius 1 is 1.18 bits per heavy atom. The predicted molar refractivity (Wildman–Crippen MR) is 65.4 cm³/mol. The van der Waals surface area contributed by atoms with Crippen molar-refractivity contribution in [2.45, 2.75) is 25.8 Å². The minimum atomic E-state index is -1.74. The van der Waals surface area contributed by atoms with E-state index >= 15 is 0 Å². The van der Waals surface area contributed by atoms with Gasteiger partial charge in [0.1, 0.15) is 5.82 Å². The second-order valence-corrected chi connectivity index (χ2v) is 4.53. The molecular weight excluding hydrogens is 220 g/mol. The Morgan fingerprint density at radius 2 is 1.88 bits per heavy atom. The van der Waals surface area contributed by atoms with Crippen LogP contribution in [-0.2, 0) is 6.54 Å². The molecule has 0 amide bonds. The lowest BCUT2D eigenvalue weighted by Gasteiger charge is -2.26. The van der Waals surface area contributed by atoms with Gasteiger partial charge in [0.2, 0.25) is 0 Å². The van der Waals surface area contributed by atoms with E-state index in [2.05, 4.69) is 4.90 Å². The Labute approximate surface area is 101 Å². The Kier molecular flexibility index (Phi) is 4.15. The van der Waals surface area contributed by atoms with E-state index in [1.165, 1.54) is 12.5 Å². The molecule has 17 heavy (non-hydrogen) atoms. The summed E-state index contributed by atoms with van der Waals surface area (Å²) >= 11 is 0. The van der Waals surface area contributed by atoms with Gasteiger partial charge in [-0.1, -0.05) is 24.6 Å². The van der Waals surface area contributed by atoms with Crippen molar-refractivity contribution < 1.29 is 14.4 Å². The van der Waals surface area contributed by atoms with Crippen LogP contribution in [0, 0.1) is 5.82 Å². The second kappa shape index (κ2) is 5.62. The highest BCUT2D eigenvalue weighted by Crippen LogP contribution is 2.14. The van der Waals surface area contributed by atoms with E-state index in [-0.39, 0.29) is 5.46 Å². The van der Waals surface area contributed by atoms with Crippen LogP contribution in [0.5, 0.6) is 0 Å². The normalized spacial score (nSPS) is 17.1. The monoisotopic (exact) mass is 237 g/mol. The molecule has 0 atom stereocenters. The first-order chi connectivity index (χ1) is 8.18. The third kappa shape index (κ3) is 3.06. The van der Waals surface area contributed by atoms with Crippen LogP contribution in [0.2, 0.25) is 0 Å². The molecule has 0 unspecified atom stereocenters. The topological polar surface area (TPSA) is 43.7 Å². The molecule has 0 aliphatic carbocycles. The quantitative estimate of drug-likeness (QED) is 0.752.